The zero-order chi connectivity index (χ0) is 15.0. The zero-order valence-electron chi connectivity index (χ0n) is 11.8. The minimum absolute atomic E-state index is 0.398. The highest BCUT2D eigenvalue weighted by molar-refractivity contribution is 8.13. The third-order valence-electron chi connectivity index (χ3n) is 1.70. The fourth-order valence-corrected chi connectivity index (χ4v) is 1.28. The maximum Gasteiger partial charge on any atom is 0.389 e. The Hall–Kier alpha value is -1.24. The lowest BCUT2D eigenvalue weighted by Gasteiger charge is -2.18. The molecule has 0 aliphatic heterocycles. The largest absolute Gasteiger partial charge is 0.457 e. The number of hydrogen-bond acceptors (Lipinski definition) is 7. The average molecular weight is 292 g/mol. The van der Waals surface area contributed by atoms with Crippen LogP contribution in [0.15, 0.2) is 0 Å². The van der Waals surface area contributed by atoms with Gasteiger partial charge in [-0.05, 0) is 25.6 Å². The summed E-state index contributed by atoms with van der Waals surface area (Å²) in [5, 5.41) is -0.690. The number of rotatable bonds is 6. The maximum absolute atomic E-state index is 11.7. The Morgan fingerprint density at radius 1 is 0.947 bits per heavy atom. The van der Waals surface area contributed by atoms with Crippen molar-refractivity contribution in [1.29, 1.82) is 0 Å². The summed E-state index contributed by atoms with van der Waals surface area (Å²) >= 11 is 0.871. The molecular weight excluding hydrogens is 272 g/mol. The summed E-state index contributed by atoms with van der Waals surface area (Å²) < 4.78 is 14.5. The molecule has 0 saturated carbocycles. The third-order valence-corrected chi connectivity index (χ3v) is 2.32. The maximum atomic E-state index is 11.7. The summed E-state index contributed by atoms with van der Waals surface area (Å²) in [7, 11) is 0. The predicted octanol–water partition coefficient (Wildman–Crippen LogP) is 2.35. The van der Waals surface area contributed by atoms with Crippen LogP contribution in [0.1, 0.15) is 34.6 Å². The second kappa shape index (κ2) is 8.79. The lowest BCUT2D eigenvalue weighted by molar-refractivity contribution is -0.194. The topological polar surface area (TPSA) is 78.9 Å². The Balaban J connectivity index is 4.67. The minimum Gasteiger partial charge on any atom is -0.457 e. The van der Waals surface area contributed by atoms with E-state index in [4.69, 9.17) is 14.2 Å². The van der Waals surface area contributed by atoms with Crippen LogP contribution >= 0.6 is 11.8 Å². The molecule has 0 heterocycles. The first-order chi connectivity index (χ1) is 8.77. The van der Waals surface area contributed by atoms with E-state index in [9.17, 15) is 14.4 Å². The SMILES string of the molecule is CCSC(=O)OC(OC(=O)C(C)C)C(=O)OC(C)C. The summed E-state index contributed by atoms with van der Waals surface area (Å²) in [4.78, 5) is 34.5. The van der Waals surface area contributed by atoms with Crippen LogP contribution < -0.4 is 0 Å². The quantitative estimate of drug-likeness (QED) is 0.549. The van der Waals surface area contributed by atoms with Crippen molar-refractivity contribution in [1.82, 2.24) is 0 Å². The number of thioether (sulfide) groups is 1. The van der Waals surface area contributed by atoms with Gasteiger partial charge in [0.2, 0.25) is 0 Å². The van der Waals surface area contributed by atoms with Gasteiger partial charge in [0.25, 0.3) is 0 Å². The van der Waals surface area contributed by atoms with Crippen LogP contribution in [0.3, 0.4) is 0 Å². The molecule has 0 spiro atoms. The Bertz CT molecular complexity index is 326. The summed E-state index contributed by atoms with van der Waals surface area (Å²) in [6.45, 7) is 8.25. The molecule has 19 heavy (non-hydrogen) atoms. The Morgan fingerprint density at radius 2 is 1.53 bits per heavy atom. The summed E-state index contributed by atoms with van der Waals surface area (Å²) in [6.07, 6.45) is -2.05. The van der Waals surface area contributed by atoms with E-state index in [0.717, 1.165) is 11.8 Å². The van der Waals surface area contributed by atoms with Crippen molar-refractivity contribution in [3.63, 3.8) is 0 Å². The standard InChI is InChI=1S/C12H20O6S/c1-6-19-12(15)18-11(10(14)16-8(4)5)17-9(13)7(2)3/h7-8,11H,6H2,1-5H3. The Kier molecular flexibility index (Phi) is 8.22. The highest BCUT2D eigenvalue weighted by Crippen LogP contribution is 2.12. The molecule has 0 aliphatic rings. The van der Waals surface area contributed by atoms with Gasteiger partial charge in [-0.2, -0.15) is 0 Å². The number of esters is 2. The van der Waals surface area contributed by atoms with E-state index in [-0.39, 0.29) is 0 Å². The van der Waals surface area contributed by atoms with E-state index >= 15 is 0 Å². The highest BCUT2D eigenvalue weighted by Gasteiger charge is 2.30. The molecule has 0 N–H and O–H groups in total. The molecule has 0 radical (unpaired) electrons. The second-order valence-electron chi connectivity index (χ2n) is 4.21. The molecule has 1 unspecified atom stereocenters. The fraction of sp³-hybridized carbons (Fsp3) is 0.750. The van der Waals surface area contributed by atoms with Crippen LogP contribution in [0.25, 0.3) is 0 Å². The Labute approximate surface area is 117 Å². The van der Waals surface area contributed by atoms with E-state index in [1.54, 1.807) is 34.6 Å². The average Bonchev–Trinajstić information content (AvgIpc) is 2.27. The molecule has 0 bridgehead atoms. The summed E-state index contributed by atoms with van der Waals surface area (Å²) in [6, 6.07) is 0. The van der Waals surface area contributed by atoms with Crippen molar-refractivity contribution in [2.24, 2.45) is 5.92 Å². The van der Waals surface area contributed by atoms with Gasteiger partial charge >= 0.3 is 23.5 Å². The van der Waals surface area contributed by atoms with Gasteiger partial charge in [-0.3, -0.25) is 4.79 Å². The molecule has 0 amide bonds. The van der Waals surface area contributed by atoms with Crippen LogP contribution in [0, 0.1) is 5.92 Å². The predicted molar refractivity (Wildman–Crippen MR) is 70.6 cm³/mol. The van der Waals surface area contributed by atoms with Gasteiger partial charge < -0.3 is 14.2 Å². The van der Waals surface area contributed by atoms with Gasteiger partial charge in [0.1, 0.15) is 0 Å². The van der Waals surface area contributed by atoms with Gasteiger partial charge in [-0.25, -0.2) is 9.59 Å². The van der Waals surface area contributed by atoms with Crippen LogP contribution in [-0.4, -0.2) is 35.4 Å². The van der Waals surface area contributed by atoms with E-state index in [0.29, 0.717) is 5.75 Å². The van der Waals surface area contributed by atoms with Gasteiger partial charge in [0, 0.05) is 5.75 Å². The van der Waals surface area contributed by atoms with Crippen LogP contribution in [-0.2, 0) is 23.8 Å². The molecule has 0 fully saturated rings. The first kappa shape index (κ1) is 17.8. The number of carbonyl (C=O) groups is 3. The van der Waals surface area contributed by atoms with Crippen molar-refractivity contribution in [2.75, 3.05) is 5.75 Å². The fourth-order valence-electron chi connectivity index (χ4n) is 0.889. The summed E-state index contributed by atoms with van der Waals surface area (Å²) in [5.74, 6) is -1.48. The van der Waals surface area contributed by atoms with Crippen molar-refractivity contribution >= 4 is 29.0 Å². The zero-order valence-corrected chi connectivity index (χ0v) is 12.6. The highest BCUT2D eigenvalue weighted by atomic mass is 32.2. The molecule has 110 valence electrons. The van der Waals surface area contributed by atoms with Crippen LogP contribution in [0.5, 0.6) is 0 Å². The first-order valence-electron chi connectivity index (χ1n) is 6.02. The molecule has 7 heteroatoms. The second-order valence-corrected chi connectivity index (χ2v) is 5.41. The van der Waals surface area contributed by atoms with Gasteiger partial charge in [0.05, 0.1) is 12.0 Å². The van der Waals surface area contributed by atoms with Crippen molar-refractivity contribution in [3.05, 3.63) is 0 Å². The van der Waals surface area contributed by atoms with Crippen LogP contribution in [0.4, 0.5) is 4.79 Å². The smallest absolute Gasteiger partial charge is 0.389 e. The summed E-state index contributed by atoms with van der Waals surface area (Å²) in [5.41, 5.74) is 0. The molecule has 6 nitrogen and oxygen atoms in total. The number of hydrogen-bond donors (Lipinski definition) is 0. The lowest BCUT2D eigenvalue weighted by atomic mass is 10.2. The van der Waals surface area contributed by atoms with Gasteiger partial charge in [-0.15, -0.1) is 0 Å². The monoisotopic (exact) mass is 292 g/mol. The number of carbonyl (C=O) groups excluding carboxylic acids is 3. The molecule has 0 aromatic heterocycles. The molecule has 0 aromatic rings. The van der Waals surface area contributed by atoms with E-state index in [1.165, 1.54) is 0 Å². The molecule has 0 aromatic carbocycles. The lowest BCUT2D eigenvalue weighted by Crippen LogP contribution is -2.35. The number of ether oxygens (including phenoxy) is 3. The van der Waals surface area contributed by atoms with Crippen molar-refractivity contribution < 1.29 is 28.6 Å². The molecule has 1 atom stereocenters. The van der Waals surface area contributed by atoms with E-state index < -0.39 is 35.6 Å². The van der Waals surface area contributed by atoms with Crippen LogP contribution in [0.2, 0.25) is 0 Å². The molecular formula is C12H20O6S. The minimum atomic E-state index is -1.65. The molecule has 0 aliphatic carbocycles. The van der Waals surface area contributed by atoms with Gasteiger partial charge in [-0.1, -0.05) is 20.8 Å². The van der Waals surface area contributed by atoms with E-state index in [1.807, 2.05) is 0 Å². The molecule has 0 rings (SSSR count). The Morgan fingerprint density at radius 3 is 1.95 bits per heavy atom. The normalized spacial score (nSPS) is 12.2. The van der Waals surface area contributed by atoms with Crippen molar-refractivity contribution in [2.45, 2.75) is 47.0 Å². The molecule has 0 saturated heterocycles. The van der Waals surface area contributed by atoms with E-state index in [2.05, 4.69) is 0 Å². The first-order valence-corrected chi connectivity index (χ1v) is 7.00. The van der Waals surface area contributed by atoms with Crippen molar-refractivity contribution in [3.8, 4) is 0 Å². The third kappa shape index (κ3) is 7.71. The van der Waals surface area contributed by atoms with Gasteiger partial charge in [0.15, 0.2) is 0 Å².